The molecule has 8 heteroatoms. The van der Waals surface area contributed by atoms with Crippen LogP contribution in [0.4, 0.5) is 5.69 Å². The van der Waals surface area contributed by atoms with Gasteiger partial charge in [-0.25, -0.2) is 0 Å². The van der Waals surface area contributed by atoms with Gasteiger partial charge in [0, 0.05) is 24.2 Å². The molecule has 2 heterocycles. The van der Waals surface area contributed by atoms with E-state index in [1.54, 1.807) is 19.1 Å². The van der Waals surface area contributed by atoms with Gasteiger partial charge in [-0.3, -0.25) is 14.5 Å². The van der Waals surface area contributed by atoms with E-state index in [0.29, 0.717) is 17.2 Å². The van der Waals surface area contributed by atoms with Crippen molar-refractivity contribution in [2.24, 2.45) is 5.73 Å². The van der Waals surface area contributed by atoms with Crippen molar-refractivity contribution in [1.82, 2.24) is 9.38 Å². The predicted octanol–water partition coefficient (Wildman–Crippen LogP) is 2.86. The molecule has 0 fully saturated rings. The second-order valence-corrected chi connectivity index (χ2v) is 5.26. The Morgan fingerprint density at radius 3 is 3.05 bits per heavy atom. The summed E-state index contributed by atoms with van der Waals surface area (Å²) >= 11 is 1.47. The highest BCUT2D eigenvalue weighted by Gasteiger charge is 2.18. The minimum absolute atomic E-state index is 0.0165. The van der Waals surface area contributed by atoms with Crippen molar-refractivity contribution in [2.75, 3.05) is 0 Å². The molecule has 0 unspecified atom stereocenters. The Morgan fingerprint density at radius 1 is 1.52 bits per heavy atom. The molecule has 0 saturated carbocycles. The monoisotopic (exact) mass is 304 g/mol. The normalized spacial score (nSPS) is 11.0. The zero-order valence-electron chi connectivity index (χ0n) is 11.1. The average molecular weight is 304 g/mol. The molecule has 1 aromatic carbocycles. The van der Waals surface area contributed by atoms with Crippen molar-refractivity contribution >= 4 is 22.0 Å². The van der Waals surface area contributed by atoms with Crippen LogP contribution in [0.1, 0.15) is 11.3 Å². The summed E-state index contributed by atoms with van der Waals surface area (Å²) in [5.41, 5.74) is 6.96. The maximum atomic E-state index is 11.0. The number of hydrogen-bond acceptors (Lipinski definition) is 6. The number of nitro groups is 1. The summed E-state index contributed by atoms with van der Waals surface area (Å²) in [5.74, 6) is 0.789. The van der Waals surface area contributed by atoms with E-state index < -0.39 is 4.92 Å². The SMILES string of the molecule is Cc1c(Oc2nc3sccn3c2CN)cccc1[N+](=O)[O-]. The van der Waals surface area contributed by atoms with Gasteiger partial charge in [0.25, 0.3) is 5.69 Å². The first-order valence-electron chi connectivity index (χ1n) is 6.18. The van der Waals surface area contributed by atoms with Crippen LogP contribution in [0, 0.1) is 17.0 Å². The standard InChI is InChI=1S/C13H12N4O3S/c1-8-9(17(18)19)3-2-4-11(8)20-12-10(7-14)16-5-6-21-13(16)15-12/h2-6H,7,14H2,1H3. The third-order valence-corrected chi connectivity index (χ3v) is 3.93. The van der Waals surface area contributed by atoms with Gasteiger partial charge in [0.05, 0.1) is 10.5 Å². The highest BCUT2D eigenvalue weighted by molar-refractivity contribution is 7.15. The van der Waals surface area contributed by atoms with Gasteiger partial charge in [-0.15, -0.1) is 11.3 Å². The first-order chi connectivity index (χ1) is 10.1. The molecule has 2 N–H and O–H groups in total. The van der Waals surface area contributed by atoms with Crippen LogP contribution >= 0.6 is 11.3 Å². The number of aromatic nitrogens is 2. The molecule has 0 atom stereocenters. The zero-order chi connectivity index (χ0) is 15.0. The molecule has 0 saturated heterocycles. The molecule has 21 heavy (non-hydrogen) atoms. The Morgan fingerprint density at radius 2 is 2.33 bits per heavy atom. The van der Waals surface area contributed by atoms with Crippen LogP contribution in [0.15, 0.2) is 29.8 Å². The molecule has 0 amide bonds. The van der Waals surface area contributed by atoms with E-state index in [0.717, 1.165) is 10.7 Å². The van der Waals surface area contributed by atoms with Gasteiger partial charge in [-0.1, -0.05) is 6.07 Å². The summed E-state index contributed by atoms with van der Waals surface area (Å²) < 4.78 is 7.61. The van der Waals surface area contributed by atoms with Gasteiger partial charge in [0.15, 0.2) is 4.96 Å². The van der Waals surface area contributed by atoms with Crippen molar-refractivity contribution in [3.8, 4) is 11.6 Å². The van der Waals surface area contributed by atoms with Gasteiger partial charge in [0.2, 0.25) is 5.88 Å². The van der Waals surface area contributed by atoms with E-state index in [1.165, 1.54) is 17.4 Å². The molecule has 2 aromatic heterocycles. The molecule has 0 spiro atoms. The quantitative estimate of drug-likeness (QED) is 0.590. The van der Waals surface area contributed by atoms with Crippen molar-refractivity contribution in [2.45, 2.75) is 13.5 Å². The maximum Gasteiger partial charge on any atom is 0.276 e. The van der Waals surface area contributed by atoms with E-state index in [1.807, 2.05) is 16.0 Å². The first kappa shape index (κ1) is 13.5. The summed E-state index contributed by atoms with van der Waals surface area (Å²) in [4.78, 5) is 15.7. The third kappa shape index (κ3) is 2.24. The molecular weight excluding hydrogens is 292 g/mol. The molecule has 3 rings (SSSR count). The summed E-state index contributed by atoms with van der Waals surface area (Å²) in [7, 11) is 0. The number of nitrogens with two attached hydrogens (primary N) is 1. The zero-order valence-corrected chi connectivity index (χ0v) is 12.0. The second kappa shape index (κ2) is 5.15. The van der Waals surface area contributed by atoms with E-state index in [4.69, 9.17) is 10.5 Å². The summed E-state index contributed by atoms with van der Waals surface area (Å²) in [6, 6.07) is 4.70. The van der Waals surface area contributed by atoms with Gasteiger partial charge in [-0.05, 0) is 13.0 Å². The molecule has 0 bridgehead atoms. The molecule has 0 aliphatic rings. The molecule has 0 aliphatic heterocycles. The fourth-order valence-electron chi connectivity index (χ4n) is 2.10. The molecule has 0 aliphatic carbocycles. The summed E-state index contributed by atoms with van der Waals surface area (Å²) in [5, 5.41) is 12.9. The number of thiazole rings is 1. The van der Waals surface area contributed by atoms with Gasteiger partial charge >= 0.3 is 0 Å². The lowest BCUT2D eigenvalue weighted by Crippen LogP contribution is -2.02. The molecule has 3 aromatic rings. The van der Waals surface area contributed by atoms with E-state index in [2.05, 4.69) is 4.98 Å². The van der Waals surface area contributed by atoms with Gasteiger partial charge in [-0.2, -0.15) is 4.98 Å². The Hall–Kier alpha value is -2.45. The number of fused-ring (bicyclic) bond motifs is 1. The Kier molecular flexibility index (Phi) is 3.32. The van der Waals surface area contributed by atoms with Crippen LogP contribution in [0.2, 0.25) is 0 Å². The van der Waals surface area contributed by atoms with Crippen LogP contribution < -0.4 is 10.5 Å². The second-order valence-electron chi connectivity index (χ2n) is 4.38. The van der Waals surface area contributed by atoms with Crippen molar-refractivity contribution < 1.29 is 9.66 Å². The lowest BCUT2D eigenvalue weighted by Gasteiger charge is -2.07. The smallest absolute Gasteiger partial charge is 0.276 e. The van der Waals surface area contributed by atoms with E-state index >= 15 is 0 Å². The molecule has 108 valence electrons. The molecule has 0 radical (unpaired) electrons. The number of rotatable bonds is 4. The maximum absolute atomic E-state index is 11.0. The number of nitro benzene ring substituents is 1. The van der Waals surface area contributed by atoms with Crippen molar-refractivity contribution in [1.29, 1.82) is 0 Å². The highest BCUT2D eigenvalue weighted by atomic mass is 32.1. The molecule has 7 nitrogen and oxygen atoms in total. The van der Waals surface area contributed by atoms with Crippen LogP contribution in [-0.2, 0) is 6.54 Å². The predicted molar refractivity (Wildman–Crippen MR) is 78.9 cm³/mol. The first-order valence-corrected chi connectivity index (χ1v) is 7.06. The molecular formula is C13H12N4O3S. The Balaban J connectivity index is 2.04. The highest BCUT2D eigenvalue weighted by Crippen LogP contribution is 2.33. The third-order valence-electron chi connectivity index (χ3n) is 3.18. The lowest BCUT2D eigenvalue weighted by atomic mass is 10.2. The number of hydrogen-bond donors (Lipinski definition) is 1. The van der Waals surface area contributed by atoms with Crippen LogP contribution in [0.5, 0.6) is 11.6 Å². The number of benzene rings is 1. The fourth-order valence-corrected chi connectivity index (χ4v) is 2.82. The average Bonchev–Trinajstić information content (AvgIpc) is 3.01. The van der Waals surface area contributed by atoms with E-state index in [9.17, 15) is 10.1 Å². The number of ether oxygens (including phenoxy) is 1. The number of imidazole rings is 1. The summed E-state index contributed by atoms with van der Waals surface area (Å²) in [6.07, 6.45) is 1.86. The van der Waals surface area contributed by atoms with Crippen molar-refractivity contribution in [3.05, 3.63) is 51.1 Å². The largest absolute Gasteiger partial charge is 0.437 e. The van der Waals surface area contributed by atoms with Gasteiger partial charge in [0.1, 0.15) is 11.4 Å². The summed E-state index contributed by atoms with van der Waals surface area (Å²) in [6.45, 7) is 1.91. The Bertz CT molecular complexity index is 824. The van der Waals surface area contributed by atoms with E-state index in [-0.39, 0.29) is 12.2 Å². The number of nitrogens with zero attached hydrogens (tertiary/aromatic N) is 3. The minimum Gasteiger partial charge on any atom is -0.437 e. The van der Waals surface area contributed by atoms with Gasteiger partial charge < -0.3 is 10.5 Å². The van der Waals surface area contributed by atoms with Crippen LogP contribution in [0.25, 0.3) is 4.96 Å². The van der Waals surface area contributed by atoms with Crippen LogP contribution in [-0.4, -0.2) is 14.3 Å². The van der Waals surface area contributed by atoms with Crippen molar-refractivity contribution in [3.63, 3.8) is 0 Å². The fraction of sp³-hybridized carbons (Fsp3) is 0.154. The minimum atomic E-state index is -0.433. The topological polar surface area (TPSA) is 95.7 Å². The lowest BCUT2D eigenvalue weighted by molar-refractivity contribution is -0.385. The Labute approximate surface area is 123 Å². The van der Waals surface area contributed by atoms with Crippen LogP contribution in [0.3, 0.4) is 0 Å².